The normalized spacial score (nSPS) is 18.5. The van der Waals surface area contributed by atoms with Crippen LogP contribution < -0.4 is 11.3 Å². The van der Waals surface area contributed by atoms with E-state index >= 15 is 0 Å². The second kappa shape index (κ2) is 20.5. The Morgan fingerprint density at radius 2 is 1.71 bits per heavy atom. The molecule has 2 heterocycles. The number of ether oxygens (including phenoxy) is 1. The van der Waals surface area contributed by atoms with Gasteiger partial charge in [-0.1, -0.05) is 41.5 Å². The average Bonchev–Trinajstić information content (AvgIpc) is 3.08. The lowest BCUT2D eigenvalue weighted by atomic mass is 10.1. The van der Waals surface area contributed by atoms with Crippen LogP contribution in [0.5, 0.6) is 0 Å². The van der Waals surface area contributed by atoms with Crippen molar-refractivity contribution in [2.24, 2.45) is 0 Å². The molecule has 1 saturated heterocycles. The number of aryl methyl sites for hydroxylation is 1. The number of aliphatic hydroxyl groups is 1. The van der Waals surface area contributed by atoms with Gasteiger partial charge in [0.1, 0.15) is 16.1 Å². The smallest absolute Gasteiger partial charge is 0.266 e. The first-order chi connectivity index (χ1) is 14.6. The number of thioether (sulfide) groups is 2. The van der Waals surface area contributed by atoms with Crippen LogP contribution in [0, 0.1) is 6.92 Å². The molecule has 4 N–H and O–H groups in total. The van der Waals surface area contributed by atoms with Crippen molar-refractivity contribution in [1.82, 2.24) is 9.97 Å². The third kappa shape index (κ3) is 15.1. The number of hydrogen-bond acceptors (Lipinski definition) is 9. The van der Waals surface area contributed by atoms with Gasteiger partial charge in [0, 0.05) is 18.6 Å². The number of nitrogens with two attached hydrogens (primary N) is 1. The van der Waals surface area contributed by atoms with E-state index in [0.29, 0.717) is 17.0 Å². The van der Waals surface area contributed by atoms with E-state index in [1.54, 1.807) is 25.6 Å². The van der Waals surface area contributed by atoms with Crippen molar-refractivity contribution >= 4 is 40.4 Å². The highest BCUT2D eigenvalue weighted by molar-refractivity contribution is 8.13. The predicted molar refractivity (Wildman–Crippen MR) is 133 cm³/mol. The molecule has 1 aromatic rings. The van der Waals surface area contributed by atoms with Gasteiger partial charge in [-0.15, -0.1) is 11.8 Å². The molecule has 182 valence electrons. The van der Waals surface area contributed by atoms with Gasteiger partial charge >= 0.3 is 0 Å². The molecule has 0 bridgehead atoms. The third-order valence-electron chi connectivity index (χ3n) is 3.16. The zero-order valence-corrected chi connectivity index (χ0v) is 22.2. The van der Waals surface area contributed by atoms with Crippen LogP contribution in [0.25, 0.3) is 0 Å². The molecule has 1 fully saturated rings. The summed E-state index contributed by atoms with van der Waals surface area (Å²) in [6, 6.07) is 0. The second-order valence-corrected chi connectivity index (χ2v) is 8.08. The molecule has 2 rings (SSSR count). The number of aromatic nitrogens is 2. The lowest BCUT2D eigenvalue weighted by molar-refractivity contribution is -0.117. The van der Waals surface area contributed by atoms with Crippen molar-refractivity contribution in [1.29, 1.82) is 0 Å². The van der Waals surface area contributed by atoms with Gasteiger partial charge in [-0.3, -0.25) is 19.4 Å². The minimum atomic E-state index is -0.370. The van der Waals surface area contributed by atoms with E-state index in [9.17, 15) is 14.4 Å². The van der Waals surface area contributed by atoms with E-state index in [2.05, 4.69) is 9.97 Å². The summed E-state index contributed by atoms with van der Waals surface area (Å²) in [7, 11) is 0. The summed E-state index contributed by atoms with van der Waals surface area (Å²) in [5.41, 5.74) is 5.27. The van der Waals surface area contributed by atoms with Gasteiger partial charge in [0.15, 0.2) is 5.12 Å². The summed E-state index contributed by atoms with van der Waals surface area (Å²) in [5.74, 6) is 0.247. The van der Waals surface area contributed by atoms with Crippen LogP contribution in [0.15, 0.2) is 9.69 Å². The number of aliphatic hydroxyl groups excluding tert-OH is 1. The minimum Gasteiger partial charge on any atom is -0.393 e. The van der Waals surface area contributed by atoms with Crippen LogP contribution in [-0.2, 0) is 14.3 Å². The van der Waals surface area contributed by atoms with E-state index in [1.807, 2.05) is 48.5 Å². The molecule has 0 aliphatic carbocycles. The van der Waals surface area contributed by atoms with Gasteiger partial charge in [0.2, 0.25) is 5.95 Å². The Morgan fingerprint density at radius 3 is 2.06 bits per heavy atom. The summed E-state index contributed by atoms with van der Waals surface area (Å²) in [5, 5.41) is 8.87. The number of aromatic amines is 1. The molecule has 0 saturated carbocycles. The van der Waals surface area contributed by atoms with E-state index in [-0.39, 0.29) is 45.8 Å². The van der Waals surface area contributed by atoms with Gasteiger partial charge in [-0.2, -0.15) is 0 Å². The number of ketones is 1. The number of nitrogen functional groups attached to an aromatic ring is 1. The Bertz CT molecular complexity index is 683. The Morgan fingerprint density at radius 1 is 1.19 bits per heavy atom. The zero-order valence-electron chi connectivity index (χ0n) is 20.6. The molecule has 3 unspecified atom stereocenters. The van der Waals surface area contributed by atoms with Gasteiger partial charge in [-0.25, -0.2) is 4.98 Å². The summed E-state index contributed by atoms with van der Waals surface area (Å²) >= 11 is 2.41. The maximum atomic E-state index is 11.2. The maximum Gasteiger partial charge on any atom is 0.266 e. The standard InChI is InChI=1S/C8H14O3S.C7H9N3O2S.3C2H6/c1-5(10)3-7-6(2)11-8(4-9)12-7;1-3-5(13-4(2)11)6(12)10-7(8)9-3;3*1-2/h6-9H,3-4H2,1-2H3;1-2H3,(H3,8,9,10,12);3*1-2H3. The fraction of sp³-hybridized carbons (Fsp3) is 0.714. The average molecular weight is 480 g/mol. The molecule has 3 atom stereocenters. The Balaban J connectivity index is -0.000000408. The SMILES string of the molecule is CC.CC.CC.CC(=O)CC1SC(CO)OC1C.CC(=O)Sc1c(C)nc(N)[nH]c1=O. The summed E-state index contributed by atoms with van der Waals surface area (Å²) in [4.78, 5) is 39.3. The molecule has 10 heteroatoms. The first-order valence-corrected chi connectivity index (χ1v) is 12.4. The molecule has 0 radical (unpaired) electrons. The van der Waals surface area contributed by atoms with Gasteiger partial charge in [-0.05, 0) is 32.5 Å². The van der Waals surface area contributed by atoms with Crippen molar-refractivity contribution in [2.45, 2.75) is 97.3 Å². The number of carbonyl (C=O) groups excluding carboxylic acids is 2. The van der Waals surface area contributed by atoms with Crippen LogP contribution in [0.2, 0.25) is 0 Å². The summed E-state index contributed by atoms with van der Waals surface area (Å²) in [6.45, 7) is 18.6. The molecule has 8 nitrogen and oxygen atoms in total. The summed E-state index contributed by atoms with van der Waals surface area (Å²) in [6.07, 6.45) is 0.624. The number of hydrogen-bond donors (Lipinski definition) is 3. The van der Waals surface area contributed by atoms with E-state index < -0.39 is 0 Å². The Hall–Kier alpha value is -1.36. The highest BCUT2D eigenvalue weighted by atomic mass is 32.2. The first-order valence-electron chi connectivity index (χ1n) is 10.6. The molecule has 1 aliphatic heterocycles. The van der Waals surface area contributed by atoms with Crippen LogP contribution in [-0.4, -0.2) is 49.4 Å². The highest BCUT2D eigenvalue weighted by Gasteiger charge is 2.32. The third-order valence-corrected chi connectivity index (χ3v) is 5.60. The Kier molecular flexibility index (Phi) is 22.7. The van der Waals surface area contributed by atoms with Gasteiger partial charge in [0.05, 0.1) is 18.4 Å². The number of carbonyl (C=O) groups is 2. The van der Waals surface area contributed by atoms with Crippen molar-refractivity contribution < 1.29 is 19.4 Å². The van der Waals surface area contributed by atoms with Crippen molar-refractivity contribution in [2.75, 3.05) is 12.3 Å². The summed E-state index contributed by atoms with van der Waals surface area (Å²) < 4.78 is 5.38. The first kappa shape index (κ1) is 34.3. The fourth-order valence-corrected chi connectivity index (χ4v) is 4.07. The molecular formula is C21H41N3O5S2. The monoisotopic (exact) mass is 479 g/mol. The van der Waals surface area contributed by atoms with E-state index in [4.69, 9.17) is 15.6 Å². The van der Waals surface area contributed by atoms with Gasteiger partial charge in [0.25, 0.3) is 5.56 Å². The number of H-pyrrole nitrogens is 1. The highest BCUT2D eigenvalue weighted by Crippen LogP contribution is 2.34. The maximum absolute atomic E-state index is 11.2. The second-order valence-electron chi connectivity index (χ2n) is 5.49. The zero-order chi connectivity index (χ0) is 25.1. The lowest BCUT2D eigenvalue weighted by Crippen LogP contribution is -2.18. The molecule has 0 amide bonds. The number of nitrogens with zero attached hydrogens (tertiary/aromatic N) is 1. The van der Waals surface area contributed by atoms with Crippen molar-refractivity contribution in [3.05, 3.63) is 16.0 Å². The number of nitrogens with one attached hydrogen (secondary N) is 1. The van der Waals surface area contributed by atoms with Crippen molar-refractivity contribution in [3.8, 4) is 0 Å². The quantitative estimate of drug-likeness (QED) is 0.543. The fourth-order valence-electron chi connectivity index (χ4n) is 2.11. The topological polar surface area (TPSA) is 135 Å². The molecule has 0 spiro atoms. The molecule has 1 aliphatic rings. The van der Waals surface area contributed by atoms with E-state index in [1.165, 1.54) is 6.92 Å². The van der Waals surface area contributed by atoms with Crippen LogP contribution in [0.1, 0.15) is 74.4 Å². The molecule has 1 aromatic heterocycles. The number of Topliss-reactive ketones (excluding diaryl/α,β-unsaturated/α-hetero) is 1. The number of rotatable bonds is 4. The molecule has 31 heavy (non-hydrogen) atoms. The molecular weight excluding hydrogens is 438 g/mol. The minimum absolute atomic E-state index is 0.0312. The Labute approximate surface area is 195 Å². The molecule has 0 aromatic carbocycles. The van der Waals surface area contributed by atoms with Gasteiger partial charge < -0.3 is 15.6 Å². The predicted octanol–water partition coefficient (Wildman–Crippen LogP) is 4.18. The lowest BCUT2D eigenvalue weighted by Gasteiger charge is -2.09. The van der Waals surface area contributed by atoms with Crippen LogP contribution in [0.4, 0.5) is 5.95 Å². The van der Waals surface area contributed by atoms with Crippen molar-refractivity contribution in [3.63, 3.8) is 0 Å². The largest absolute Gasteiger partial charge is 0.393 e. The van der Waals surface area contributed by atoms with Crippen LogP contribution >= 0.6 is 23.5 Å². The van der Waals surface area contributed by atoms with Crippen LogP contribution in [0.3, 0.4) is 0 Å². The number of anilines is 1. The van der Waals surface area contributed by atoms with E-state index in [0.717, 1.165) is 11.8 Å².